The van der Waals surface area contributed by atoms with Crippen LogP contribution in [0, 0.1) is 0 Å². The van der Waals surface area contributed by atoms with E-state index in [1.165, 1.54) is 16.9 Å². The van der Waals surface area contributed by atoms with Gasteiger partial charge >= 0.3 is 5.97 Å². The number of anilines is 1. The van der Waals surface area contributed by atoms with Crippen LogP contribution >= 0.6 is 22.9 Å². The summed E-state index contributed by atoms with van der Waals surface area (Å²) in [7, 11) is 0. The van der Waals surface area contributed by atoms with E-state index >= 15 is 0 Å². The second-order valence-electron chi connectivity index (χ2n) is 6.48. The van der Waals surface area contributed by atoms with E-state index in [9.17, 15) is 4.79 Å². The number of hydrazone groups is 1. The second-order valence-corrected chi connectivity index (χ2v) is 7.75. The Morgan fingerprint density at radius 2 is 2.20 bits per heavy atom. The molecule has 25 heavy (non-hydrogen) atoms. The lowest BCUT2D eigenvalue weighted by Crippen LogP contribution is -2.11. The molecule has 0 aliphatic heterocycles. The van der Waals surface area contributed by atoms with E-state index in [1.54, 1.807) is 13.1 Å². The van der Waals surface area contributed by atoms with Crippen LogP contribution in [0.4, 0.5) is 5.13 Å². The van der Waals surface area contributed by atoms with Crippen LogP contribution in [-0.4, -0.2) is 23.8 Å². The molecule has 0 aliphatic rings. The Morgan fingerprint density at radius 3 is 2.88 bits per heavy atom. The number of rotatable bonds is 6. The largest absolute Gasteiger partial charge is 0.466 e. The fraction of sp³-hybridized carbons (Fsp3) is 0.389. The molecule has 1 aromatic heterocycles. The van der Waals surface area contributed by atoms with Crippen LogP contribution in [0.15, 0.2) is 28.7 Å². The Kier molecular flexibility index (Phi) is 6.56. The number of esters is 1. The van der Waals surface area contributed by atoms with Crippen molar-refractivity contribution < 1.29 is 9.53 Å². The van der Waals surface area contributed by atoms with E-state index in [4.69, 9.17) is 16.3 Å². The minimum atomic E-state index is -0.284. The lowest BCUT2D eigenvalue weighted by Gasteiger charge is -2.19. The predicted molar refractivity (Wildman–Crippen MR) is 104 cm³/mol. The first kappa shape index (κ1) is 19.4. The maximum Gasteiger partial charge on any atom is 0.311 e. The molecule has 0 bridgehead atoms. The fourth-order valence-electron chi connectivity index (χ4n) is 2.07. The molecule has 1 aromatic carbocycles. The molecular formula is C18H22ClN3O2S. The fourth-order valence-corrected chi connectivity index (χ4v) is 2.89. The van der Waals surface area contributed by atoms with Crippen molar-refractivity contribution in [3.05, 3.63) is 45.4 Å². The van der Waals surface area contributed by atoms with Gasteiger partial charge in [-0.3, -0.25) is 10.2 Å². The average molecular weight is 380 g/mol. The first-order chi connectivity index (χ1) is 11.8. The maximum atomic E-state index is 11.4. The summed E-state index contributed by atoms with van der Waals surface area (Å²) >= 11 is 7.62. The standard InChI is InChI=1S/C18H22ClN3O2S/c1-5-24-16(23)9-14-11-25-17(21-14)22-20-10-12-8-13(18(2,3)4)6-7-15(12)19/h6-8,10-11H,5,9H2,1-4H3,(H,21,22). The van der Waals surface area contributed by atoms with Gasteiger partial charge in [-0.05, 0) is 30.0 Å². The van der Waals surface area contributed by atoms with Crippen LogP contribution in [-0.2, 0) is 21.4 Å². The third kappa shape index (κ3) is 5.83. The number of carbonyl (C=O) groups is 1. The van der Waals surface area contributed by atoms with Crippen molar-refractivity contribution in [3.63, 3.8) is 0 Å². The first-order valence-corrected chi connectivity index (χ1v) is 9.24. The molecule has 0 atom stereocenters. The Morgan fingerprint density at radius 1 is 1.44 bits per heavy atom. The summed E-state index contributed by atoms with van der Waals surface area (Å²) in [4.78, 5) is 15.8. The van der Waals surface area contributed by atoms with Gasteiger partial charge in [0, 0.05) is 16.0 Å². The summed E-state index contributed by atoms with van der Waals surface area (Å²) in [6.07, 6.45) is 1.83. The predicted octanol–water partition coefficient (Wildman–Crippen LogP) is 4.65. The zero-order chi connectivity index (χ0) is 18.4. The molecule has 5 nitrogen and oxygen atoms in total. The van der Waals surface area contributed by atoms with E-state index in [0.717, 1.165) is 5.56 Å². The number of nitrogens with one attached hydrogen (secondary N) is 1. The van der Waals surface area contributed by atoms with E-state index < -0.39 is 0 Å². The Balaban J connectivity index is 2.02. The lowest BCUT2D eigenvalue weighted by molar-refractivity contribution is -0.142. The van der Waals surface area contributed by atoms with Crippen molar-refractivity contribution >= 4 is 40.3 Å². The summed E-state index contributed by atoms with van der Waals surface area (Å²) in [5.41, 5.74) is 5.59. The highest BCUT2D eigenvalue weighted by atomic mass is 35.5. The molecule has 0 radical (unpaired) electrons. The van der Waals surface area contributed by atoms with Crippen LogP contribution in [0.2, 0.25) is 5.02 Å². The zero-order valence-electron chi connectivity index (χ0n) is 14.8. The molecule has 2 aromatic rings. The quantitative estimate of drug-likeness (QED) is 0.451. The van der Waals surface area contributed by atoms with Crippen LogP contribution in [0.1, 0.15) is 44.5 Å². The number of ether oxygens (including phenoxy) is 1. The highest BCUT2D eigenvalue weighted by molar-refractivity contribution is 7.13. The van der Waals surface area contributed by atoms with Crippen LogP contribution < -0.4 is 5.43 Å². The van der Waals surface area contributed by atoms with Gasteiger partial charge in [0.1, 0.15) is 0 Å². The van der Waals surface area contributed by atoms with Crippen molar-refractivity contribution in [2.24, 2.45) is 5.10 Å². The van der Waals surface area contributed by atoms with E-state index in [-0.39, 0.29) is 17.8 Å². The number of hydrogen-bond acceptors (Lipinski definition) is 6. The van der Waals surface area contributed by atoms with Gasteiger partial charge in [0.25, 0.3) is 0 Å². The Labute approximate surface area is 157 Å². The van der Waals surface area contributed by atoms with Gasteiger partial charge < -0.3 is 4.74 Å². The van der Waals surface area contributed by atoms with Crippen molar-refractivity contribution in [1.29, 1.82) is 0 Å². The van der Waals surface area contributed by atoms with Gasteiger partial charge in [0.05, 0.1) is 24.9 Å². The number of nitrogens with zero attached hydrogens (tertiary/aromatic N) is 2. The van der Waals surface area contributed by atoms with Crippen molar-refractivity contribution in [1.82, 2.24) is 4.98 Å². The summed E-state index contributed by atoms with van der Waals surface area (Å²) in [6.45, 7) is 8.59. The molecule has 2 rings (SSSR count). The minimum Gasteiger partial charge on any atom is -0.466 e. The molecule has 0 amide bonds. The van der Waals surface area contributed by atoms with Gasteiger partial charge in [-0.1, -0.05) is 38.4 Å². The monoisotopic (exact) mass is 379 g/mol. The lowest BCUT2D eigenvalue weighted by atomic mass is 9.86. The van der Waals surface area contributed by atoms with Gasteiger partial charge in [0.2, 0.25) is 5.13 Å². The molecule has 0 spiro atoms. The van der Waals surface area contributed by atoms with E-state index in [2.05, 4.69) is 36.3 Å². The first-order valence-electron chi connectivity index (χ1n) is 7.98. The number of thiazole rings is 1. The summed E-state index contributed by atoms with van der Waals surface area (Å²) < 4.78 is 4.91. The van der Waals surface area contributed by atoms with Crippen LogP contribution in [0.25, 0.3) is 0 Å². The molecule has 1 heterocycles. The number of hydrogen-bond donors (Lipinski definition) is 1. The van der Waals surface area contributed by atoms with E-state index in [0.29, 0.717) is 22.5 Å². The third-order valence-electron chi connectivity index (χ3n) is 3.41. The smallest absolute Gasteiger partial charge is 0.311 e. The number of benzene rings is 1. The zero-order valence-corrected chi connectivity index (χ0v) is 16.4. The third-order valence-corrected chi connectivity index (χ3v) is 4.55. The van der Waals surface area contributed by atoms with E-state index in [1.807, 2.05) is 23.6 Å². The molecule has 0 fully saturated rings. The van der Waals surface area contributed by atoms with Gasteiger partial charge in [-0.15, -0.1) is 11.3 Å². The molecule has 0 aliphatic carbocycles. The van der Waals surface area contributed by atoms with Crippen molar-refractivity contribution in [2.45, 2.75) is 39.5 Å². The van der Waals surface area contributed by atoms with Gasteiger partial charge in [-0.2, -0.15) is 5.10 Å². The average Bonchev–Trinajstić information content (AvgIpc) is 2.95. The number of carbonyl (C=O) groups excluding carboxylic acids is 1. The number of halogens is 1. The Hall–Kier alpha value is -1.92. The maximum absolute atomic E-state index is 11.4. The highest BCUT2D eigenvalue weighted by Crippen LogP contribution is 2.26. The minimum absolute atomic E-state index is 0.0396. The summed E-state index contributed by atoms with van der Waals surface area (Å²) in [6, 6.07) is 5.93. The molecule has 0 saturated heterocycles. The van der Waals surface area contributed by atoms with Crippen LogP contribution in [0.5, 0.6) is 0 Å². The van der Waals surface area contributed by atoms with Crippen molar-refractivity contribution in [2.75, 3.05) is 12.0 Å². The molecule has 1 N–H and O–H groups in total. The topological polar surface area (TPSA) is 63.6 Å². The van der Waals surface area contributed by atoms with Gasteiger partial charge in [-0.25, -0.2) is 4.98 Å². The Bertz CT molecular complexity index is 766. The van der Waals surface area contributed by atoms with Crippen molar-refractivity contribution in [3.8, 4) is 0 Å². The summed E-state index contributed by atoms with van der Waals surface area (Å²) in [5, 5.41) is 7.25. The number of aromatic nitrogens is 1. The molecule has 0 unspecified atom stereocenters. The van der Waals surface area contributed by atoms with Crippen LogP contribution in [0.3, 0.4) is 0 Å². The molecule has 7 heteroatoms. The summed E-state index contributed by atoms with van der Waals surface area (Å²) in [5.74, 6) is -0.284. The molecule has 0 saturated carbocycles. The highest BCUT2D eigenvalue weighted by Gasteiger charge is 2.14. The SMILES string of the molecule is CCOC(=O)Cc1csc(NN=Cc2cc(C(C)(C)C)ccc2Cl)n1. The molecular weight excluding hydrogens is 358 g/mol. The van der Waals surface area contributed by atoms with Gasteiger partial charge in [0.15, 0.2) is 0 Å². The normalized spacial score (nSPS) is 11.7. The molecule has 134 valence electrons. The second kappa shape index (κ2) is 8.45.